The minimum atomic E-state index is 0.0263. The second-order valence-electron chi connectivity index (χ2n) is 4.65. The highest BCUT2D eigenvalue weighted by molar-refractivity contribution is 6.21. The quantitative estimate of drug-likeness (QED) is 0.766. The lowest BCUT2D eigenvalue weighted by Gasteiger charge is -2.22. The van der Waals surface area contributed by atoms with E-state index in [2.05, 4.69) is 19.9 Å². The Bertz CT molecular complexity index is 392. The summed E-state index contributed by atoms with van der Waals surface area (Å²) < 4.78 is 10.8. The van der Waals surface area contributed by atoms with Gasteiger partial charge in [0.15, 0.2) is 0 Å². The van der Waals surface area contributed by atoms with Gasteiger partial charge >= 0.3 is 0 Å². The van der Waals surface area contributed by atoms with Crippen LogP contribution in [0.15, 0.2) is 18.2 Å². The highest BCUT2D eigenvalue weighted by Crippen LogP contribution is 2.39. The molecular weight excluding hydrogens is 236 g/mol. The zero-order chi connectivity index (χ0) is 12.4. The molecule has 1 saturated heterocycles. The van der Waals surface area contributed by atoms with E-state index in [-0.39, 0.29) is 11.5 Å². The standard InChI is InChI=1S/C14H19ClO2/c1-9-8-11(16-3)4-5-12(9)14(15)13-6-7-17-10(13)2/h4-5,8,10,13-14H,6-7H2,1-3H3. The van der Waals surface area contributed by atoms with Gasteiger partial charge < -0.3 is 9.47 Å². The van der Waals surface area contributed by atoms with Crippen LogP contribution in [0, 0.1) is 12.8 Å². The molecule has 1 fully saturated rings. The molecule has 3 heteroatoms. The van der Waals surface area contributed by atoms with Crippen LogP contribution in [0.25, 0.3) is 0 Å². The third-order valence-electron chi connectivity index (χ3n) is 3.58. The summed E-state index contributed by atoms with van der Waals surface area (Å²) in [5.41, 5.74) is 2.37. The van der Waals surface area contributed by atoms with Gasteiger partial charge in [0.2, 0.25) is 0 Å². The number of halogens is 1. The number of ether oxygens (including phenoxy) is 2. The van der Waals surface area contributed by atoms with E-state index in [0.29, 0.717) is 5.92 Å². The summed E-state index contributed by atoms with van der Waals surface area (Å²) in [6, 6.07) is 6.07. The van der Waals surface area contributed by atoms with Crippen molar-refractivity contribution in [2.75, 3.05) is 13.7 Å². The van der Waals surface area contributed by atoms with Crippen LogP contribution in [0.3, 0.4) is 0 Å². The van der Waals surface area contributed by atoms with E-state index in [9.17, 15) is 0 Å². The van der Waals surface area contributed by atoms with E-state index < -0.39 is 0 Å². The maximum absolute atomic E-state index is 6.59. The predicted molar refractivity (Wildman–Crippen MR) is 69.8 cm³/mol. The first kappa shape index (κ1) is 12.7. The Labute approximate surface area is 108 Å². The minimum Gasteiger partial charge on any atom is -0.497 e. The molecule has 0 aromatic heterocycles. The fourth-order valence-electron chi connectivity index (χ4n) is 2.45. The Morgan fingerprint density at radius 1 is 1.47 bits per heavy atom. The van der Waals surface area contributed by atoms with E-state index >= 15 is 0 Å². The molecular formula is C14H19ClO2. The Kier molecular flexibility index (Phi) is 3.95. The zero-order valence-corrected chi connectivity index (χ0v) is 11.3. The van der Waals surface area contributed by atoms with Crippen LogP contribution >= 0.6 is 11.6 Å². The Hall–Kier alpha value is -0.730. The molecule has 3 unspecified atom stereocenters. The molecule has 0 amide bonds. The van der Waals surface area contributed by atoms with Crippen LogP contribution in [0.4, 0.5) is 0 Å². The molecule has 1 aromatic carbocycles. The molecule has 0 N–H and O–H groups in total. The van der Waals surface area contributed by atoms with Crippen molar-refractivity contribution in [1.82, 2.24) is 0 Å². The van der Waals surface area contributed by atoms with E-state index in [0.717, 1.165) is 18.8 Å². The number of hydrogen-bond donors (Lipinski definition) is 0. The summed E-state index contributed by atoms with van der Waals surface area (Å²) in [5.74, 6) is 1.29. The van der Waals surface area contributed by atoms with Crippen molar-refractivity contribution in [2.45, 2.75) is 31.7 Å². The molecule has 17 heavy (non-hydrogen) atoms. The largest absolute Gasteiger partial charge is 0.497 e. The van der Waals surface area contributed by atoms with E-state index in [4.69, 9.17) is 21.1 Å². The van der Waals surface area contributed by atoms with Gasteiger partial charge in [-0.25, -0.2) is 0 Å². The molecule has 2 nitrogen and oxygen atoms in total. The lowest BCUT2D eigenvalue weighted by atomic mass is 9.91. The SMILES string of the molecule is COc1ccc(C(Cl)C2CCOC2C)c(C)c1. The molecule has 1 heterocycles. The maximum atomic E-state index is 6.59. The van der Waals surface area contributed by atoms with Gasteiger partial charge in [-0.15, -0.1) is 11.6 Å². The summed E-state index contributed by atoms with van der Waals surface area (Å²) in [6.45, 7) is 5.00. The van der Waals surface area contributed by atoms with E-state index in [1.54, 1.807) is 7.11 Å². The summed E-state index contributed by atoms with van der Waals surface area (Å²) in [6.07, 6.45) is 1.29. The molecule has 1 aliphatic heterocycles. The number of hydrogen-bond acceptors (Lipinski definition) is 2. The van der Waals surface area contributed by atoms with Crippen LogP contribution in [0.5, 0.6) is 5.75 Å². The van der Waals surface area contributed by atoms with Crippen molar-refractivity contribution in [3.8, 4) is 5.75 Å². The first-order valence-corrected chi connectivity index (χ1v) is 6.47. The number of methoxy groups -OCH3 is 1. The molecule has 0 aliphatic carbocycles. The normalized spacial score (nSPS) is 25.9. The smallest absolute Gasteiger partial charge is 0.119 e. The first-order valence-electron chi connectivity index (χ1n) is 6.03. The van der Waals surface area contributed by atoms with Crippen LogP contribution < -0.4 is 4.74 Å². The molecule has 0 bridgehead atoms. The summed E-state index contributed by atoms with van der Waals surface area (Å²) in [7, 11) is 1.68. The Morgan fingerprint density at radius 3 is 2.76 bits per heavy atom. The van der Waals surface area contributed by atoms with Gasteiger partial charge in [0.05, 0.1) is 18.6 Å². The van der Waals surface area contributed by atoms with Crippen molar-refractivity contribution in [3.63, 3.8) is 0 Å². The van der Waals surface area contributed by atoms with Gasteiger partial charge in [-0.3, -0.25) is 0 Å². The van der Waals surface area contributed by atoms with E-state index in [1.807, 2.05) is 12.1 Å². The predicted octanol–water partition coefficient (Wildman–Crippen LogP) is 3.71. The fraction of sp³-hybridized carbons (Fsp3) is 0.571. The third-order valence-corrected chi connectivity index (χ3v) is 4.14. The minimum absolute atomic E-state index is 0.0263. The lowest BCUT2D eigenvalue weighted by Crippen LogP contribution is -2.17. The average Bonchev–Trinajstić information content (AvgIpc) is 2.74. The Balaban J connectivity index is 2.21. The van der Waals surface area contributed by atoms with Gasteiger partial charge in [-0.2, -0.15) is 0 Å². The number of benzene rings is 1. The summed E-state index contributed by atoms with van der Waals surface area (Å²) >= 11 is 6.59. The van der Waals surface area contributed by atoms with Gasteiger partial charge in [-0.05, 0) is 43.5 Å². The lowest BCUT2D eigenvalue weighted by molar-refractivity contribution is 0.105. The summed E-state index contributed by atoms with van der Waals surface area (Å²) in [5, 5.41) is 0.0263. The van der Waals surface area contributed by atoms with Crippen molar-refractivity contribution in [3.05, 3.63) is 29.3 Å². The fourth-order valence-corrected chi connectivity index (χ4v) is 3.02. The molecule has 0 saturated carbocycles. The first-order chi connectivity index (χ1) is 8.13. The highest BCUT2D eigenvalue weighted by atomic mass is 35.5. The molecule has 2 rings (SSSR count). The maximum Gasteiger partial charge on any atom is 0.119 e. The molecule has 0 spiro atoms. The van der Waals surface area contributed by atoms with Crippen molar-refractivity contribution >= 4 is 11.6 Å². The van der Waals surface area contributed by atoms with Gasteiger partial charge in [0.25, 0.3) is 0 Å². The third kappa shape index (κ3) is 2.58. The second kappa shape index (κ2) is 5.28. The van der Waals surface area contributed by atoms with Crippen molar-refractivity contribution in [2.24, 2.45) is 5.92 Å². The van der Waals surface area contributed by atoms with Crippen LogP contribution in [0.1, 0.15) is 29.8 Å². The molecule has 94 valence electrons. The number of rotatable bonds is 3. The number of aryl methyl sites for hydroxylation is 1. The van der Waals surface area contributed by atoms with Crippen molar-refractivity contribution in [1.29, 1.82) is 0 Å². The van der Waals surface area contributed by atoms with Crippen LogP contribution in [-0.4, -0.2) is 19.8 Å². The van der Waals surface area contributed by atoms with Gasteiger partial charge in [0.1, 0.15) is 5.75 Å². The average molecular weight is 255 g/mol. The molecule has 1 aliphatic rings. The topological polar surface area (TPSA) is 18.5 Å². The molecule has 1 aromatic rings. The highest BCUT2D eigenvalue weighted by Gasteiger charge is 2.32. The second-order valence-corrected chi connectivity index (χ2v) is 5.12. The van der Waals surface area contributed by atoms with Crippen molar-refractivity contribution < 1.29 is 9.47 Å². The zero-order valence-electron chi connectivity index (χ0n) is 10.6. The Morgan fingerprint density at radius 2 is 2.24 bits per heavy atom. The van der Waals surface area contributed by atoms with Gasteiger partial charge in [0, 0.05) is 12.5 Å². The van der Waals surface area contributed by atoms with Crippen LogP contribution in [0.2, 0.25) is 0 Å². The van der Waals surface area contributed by atoms with Crippen LogP contribution in [-0.2, 0) is 4.74 Å². The van der Waals surface area contributed by atoms with Gasteiger partial charge in [-0.1, -0.05) is 6.07 Å². The number of alkyl halides is 1. The monoisotopic (exact) mass is 254 g/mol. The summed E-state index contributed by atoms with van der Waals surface area (Å²) in [4.78, 5) is 0. The molecule has 0 radical (unpaired) electrons. The molecule has 3 atom stereocenters. The van der Waals surface area contributed by atoms with E-state index in [1.165, 1.54) is 11.1 Å².